The van der Waals surface area contributed by atoms with Crippen molar-refractivity contribution in [1.29, 1.82) is 0 Å². The third-order valence-corrected chi connectivity index (χ3v) is 7.48. The summed E-state index contributed by atoms with van der Waals surface area (Å²) < 4.78 is 33.7. The van der Waals surface area contributed by atoms with Crippen LogP contribution in [0.3, 0.4) is 0 Å². The minimum absolute atomic E-state index is 0.0151. The third-order valence-electron chi connectivity index (χ3n) is 7.48. The van der Waals surface area contributed by atoms with Crippen LogP contribution in [0.1, 0.15) is 122 Å². The van der Waals surface area contributed by atoms with Gasteiger partial charge in [-0.25, -0.2) is 0 Å². The topological polar surface area (TPSA) is 168 Å². The highest BCUT2D eigenvalue weighted by molar-refractivity contribution is 5.78. The van der Waals surface area contributed by atoms with Gasteiger partial charge in [-0.3, -0.25) is 43.5 Å². The highest BCUT2D eigenvalue weighted by atomic mass is 16.6. The van der Waals surface area contributed by atoms with Crippen LogP contribution >= 0.6 is 0 Å². The molecule has 15 heteroatoms. The van der Waals surface area contributed by atoms with Crippen LogP contribution in [-0.2, 0) is 63.8 Å². The van der Waals surface area contributed by atoms with E-state index in [1.54, 1.807) is 119 Å². The van der Waals surface area contributed by atoms with Crippen LogP contribution in [0.25, 0.3) is 0 Å². The third kappa shape index (κ3) is 27.3. The van der Waals surface area contributed by atoms with Gasteiger partial charge in [-0.15, -0.1) is 0 Å². The lowest BCUT2D eigenvalue weighted by atomic mass is 10.1. The number of benzene rings is 1. The largest absolute Gasteiger partial charge is 0.461 e. The van der Waals surface area contributed by atoms with Gasteiger partial charge in [0.05, 0.1) is 26.2 Å². The zero-order valence-electron chi connectivity index (χ0n) is 38.5. The molecule has 0 fully saturated rings. The Morgan fingerprint density at radius 2 is 0.814 bits per heavy atom. The number of nitrogens with zero attached hydrogens (tertiary/aromatic N) is 3. The lowest BCUT2D eigenvalue weighted by Gasteiger charge is -2.35. The van der Waals surface area contributed by atoms with Crippen molar-refractivity contribution >= 4 is 35.8 Å². The summed E-state index contributed by atoms with van der Waals surface area (Å²) in [6, 6.07) is 8.16. The van der Waals surface area contributed by atoms with Crippen LogP contribution in [0.15, 0.2) is 30.3 Å². The molecule has 15 nitrogen and oxygen atoms in total. The summed E-state index contributed by atoms with van der Waals surface area (Å²) in [6.45, 7) is 25.3. The Morgan fingerprint density at radius 3 is 1.14 bits per heavy atom. The van der Waals surface area contributed by atoms with Crippen LogP contribution in [-0.4, -0.2) is 137 Å². The van der Waals surface area contributed by atoms with Gasteiger partial charge < -0.3 is 28.4 Å². The van der Waals surface area contributed by atoms with Gasteiger partial charge in [-0.1, -0.05) is 30.3 Å². The van der Waals surface area contributed by atoms with Gasteiger partial charge in [-0.05, 0) is 116 Å². The van der Waals surface area contributed by atoms with Gasteiger partial charge in [0.25, 0.3) is 0 Å². The van der Waals surface area contributed by atoms with Crippen molar-refractivity contribution in [3.63, 3.8) is 0 Å². The second kappa shape index (κ2) is 23.1. The Balaban J connectivity index is 3.64. The first-order chi connectivity index (χ1) is 26.8. The molecule has 1 atom stereocenters. The van der Waals surface area contributed by atoms with Crippen LogP contribution in [0.4, 0.5) is 0 Å². The smallest absolute Gasteiger partial charge is 0.323 e. The van der Waals surface area contributed by atoms with Gasteiger partial charge in [-0.2, -0.15) is 0 Å². The molecule has 0 heterocycles. The fourth-order valence-electron chi connectivity index (χ4n) is 5.50. The van der Waals surface area contributed by atoms with Gasteiger partial charge in [0, 0.05) is 32.6 Å². The van der Waals surface area contributed by atoms with E-state index >= 15 is 0 Å². The highest BCUT2D eigenvalue weighted by Gasteiger charge is 2.33. The molecule has 0 radical (unpaired) electrons. The summed E-state index contributed by atoms with van der Waals surface area (Å²) in [6.07, 6.45) is -0.162. The van der Waals surface area contributed by atoms with E-state index in [4.69, 9.17) is 28.4 Å². The number of hydrogen-bond acceptors (Lipinski definition) is 15. The maximum Gasteiger partial charge on any atom is 0.323 e. The van der Waals surface area contributed by atoms with E-state index in [9.17, 15) is 28.8 Å². The summed E-state index contributed by atoms with van der Waals surface area (Å²) >= 11 is 0. The Hall–Kier alpha value is -4.08. The molecule has 1 unspecified atom stereocenters. The van der Waals surface area contributed by atoms with Crippen molar-refractivity contribution in [2.45, 2.75) is 157 Å². The monoisotopic (exact) mass is 836 g/mol. The van der Waals surface area contributed by atoms with E-state index in [1.165, 1.54) is 0 Å². The quantitative estimate of drug-likeness (QED) is 0.113. The summed E-state index contributed by atoms with van der Waals surface area (Å²) in [7, 11) is 0. The number of ether oxygens (including phenoxy) is 6. The molecule has 0 amide bonds. The maximum atomic E-state index is 14.1. The summed E-state index contributed by atoms with van der Waals surface area (Å²) in [5, 5.41) is 0. The van der Waals surface area contributed by atoms with E-state index in [0.717, 1.165) is 5.56 Å². The molecule has 0 saturated carbocycles. The van der Waals surface area contributed by atoms with Crippen LogP contribution in [0.2, 0.25) is 0 Å². The lowest BCUT2D eigenvalue weighted by Crippen LogP contribution is -2.52. The Labute approximate surface area is 352 Å². The molecular formula is C44H73N3O12. The predicted molar refractivity (Wildman–Crippen MR) is 223 cm³/mol. The van der Waals surface area contributed by atoms with Crippen LogP contribution in [0, 0.1) is 0 Å². The normalized spacial score (nSPS) is 13.2. The number of rotatable bonds is 21. The van der Waals surface area contributed by atoms with Crippen molar-refractivity contribution in [2.24, 2.45) is 0 Å². The number of carbonyl (C=O) groups excluding carboxylic acids is 6. The fourth-order valence-corrected chi connectivity index (χ4v) is 5.50. The SMILES string of the molecule is CC(C)(C)OC(=O)CN(CCN(CCN(CC(=O)OC(C)(C)C)CC(=O)OC(C)(C)C)C(CCC(=O)OCc1ccccc1)C(=O)OC(C)(C)C)CC(=O)OC(C)(C)C. The van der Waals surface area contributed by atoms with Gasteiger partial charge in [0.15, 0.2) is 0 Å². The Kier molecular flexibility index (Phi) is 20.7. The van der Waals surface area contributed by atoms with Gasteiger partial charge in [0.2, 0.25) is 0 Å². The first kappa shape index (κ1) is 52.9. The second-order valence-electron chi connectivity index (χ2n) is 19.5. The number of hydrogen-bond donors (Lipinski definition) is 0. The highest BCUT2D eigenvalue weighted by Crippen LogP contribution is 2.18. The van der Waals surface area contributed by atoms with E-state index in [2.05, 4.69) is 0 Å². The molecule has 1 aromatic carbocycles. The molecule has 0 aliphatic rings. The molecule has 59 heavy (non-hydrogen) atoms. The standard InChI is InChI=1S/C44H73N3O12/c1-40(2,3)55-35(49)27-45(28-36(50)56-41(4,5)6)23-25-47(26-24-46(29-37(51)57-42(7,8)9)30-38(52)58-43(10,11)12)33(39(53)59-44(13,14)15)21-22-34(48)54-31-32-19-17-16-18-20-32/h16-20,33H,21-31H2,1-15H3. The first-order valence-corrected chi connectivity index (χ1v) is 20.3. The van der Waals surface area contributed by atoms with Crippen molar-refractivity contribution in [3.05, 3.63) is 35.9 Å². The van der Waals surface area contributed by atoms with E-state index < -0.39 is 69.9 Å². The predicted octanol–water partition coefficient (Wildman–Crippen LogP) is 5.49. The average molecular weight is 836 g/mol. The molecule has 0 aliphatic carbocycles. The van der Waals surface area contributed by atoms with Crippen molar-refractivity contribution < 1.29 is 57.2 Å². The van der Waals surface area contributed by atoms with Gasteiger partial charge in [0.1, 0.15) is 40.7 Å². The van der Waals surface area contributed by atoms with Gasteiger partial charge >= 0.3 is 35.8 Å². The molecule has 0 spiro atoms. The molecule has 0 aromatic heterocycles. The molecule has 1 aromatic rings. The average Bonchev–Trinajstić information content (AvgIpc) is 3.00. The summed E-state index contributed by atoms with van der Waals surface area (Å²) in [5.41, 5.74) is -3.25. The molecule has 1 rings (SSSR count). The van der Waals surface area contributed by atoms with E-state index in [-0.39, 0.29) is 71.8 Å². The summed E-state index contributed by atoms with van der Waals surface area (Å²) in [5.74, 6) is -3.44. The molecule has 0 aliphatic heterocycles. The Bertz CT molecular complexity index is 1380. The van der Waals surface area contributed by atoms with Crippen LogP contribution < -0.4 is 0 Å². The fraction of sp³-hybridized carbons (Fsp3) is 0.727. The van der Waals surface area contributed by atoms with Crippen molar-refractivity contribution in [1.82, 2.24) is 14.7 Å². The van der Waals surface area contributed by atoms with E-state index in [1.807, 2.05) is 30.3 Å². The zero-order valence-corrected chi connectivity index (χ0v) is 38.5. The zero-order chi connectivity index (χ0) is 45.4. The van der Waals surface area contributed by atoms with E-state index in [0.29, 0.717) is 0 Å². The first-order valence-electron chi connectivity index (χ1n) is 20.3. The minimum atomic E-state index is -1.03. The molecular weight excluding hydrogens is 762 g/mol. The molecule has 0 saturated heterocycles. The molecule has 0 bridgehead atoms. The van der Waals surface area contributed by atoms with Crippen LogP contribution in [0.5, 0.6) is 0 Å². The molecule has 336 valence electrons. The summed E-state index contributed by atoms with van der Waals surface area (Å²) in [4.78, 5) is 84.4. The molecule has 0 N–H and O–H groups in total. The lowest BCUT2D eigenvalue weighted by molar-refractivity contribution is -0.165. The minimum Gasteiger partial charge on any atom is -0.461 e. The number of carbonyl (C=O) groups is 6. The Morgan fingerprint density at radius 1 is 0.475 bits per heavy atom. The maximum absolute atomic E-state index is 14.1. The second-order valence-corrected chi connectivity index (χ2v) is 19.5. The van der Waals surface area contributed by atoms with Crippen molar-refractivity contribution in [3.8, 4) is 0 Å². The number of esters is 6. The van der Waals surface area contributed by atoms with Crippen molar-refractivity contribution in [2.75, 3.05) is 52.4 Å².